The van der Waals surface area contributed by atoms with Crippen molar-refractivity contribution in [3.8, 4) is 5.75 Å². The van der Waals surface area contributed by atoms with Crippen LogP contribution in [0.3, 0.4) is 0 Å². The number of hydrogen-bond acceptors (Lipinski definition) is 5. The maximum absolute atomic E-state index is 12.5. The highest BCUT2D eigenvalue weighted by Gasteiger charge is 2.32. The Hall–Kier alpha value is -2.34. The lowest BCUT2D eigenvalue weighted by Crippen LogP contribution is -2.51. The Morgan fingerprint density at radius 3 is 2.87 bits per heavy atom. The molecule has 3 heterocycles. The van der Waals surface area contributed by atoms with Crippen molar-refractivity contribution < 1.29 is 13.9 Å². The van der Waals surface area contributed by atoms with E-state index in [0.717, 1.165) is 16.5 Å². The monoisotopic (exact) mass is 412 g/mol. The standard InChI is InChI=1S/C24H32N2O4/c1-3-17-13-23(28)30-21-12-16(2)11-20(24(17)21)29-15-22(27)25-14-18-7-6-10-26-9-5-4-8-19(18)26/h11-13,18-19H,3-10,14-15H2,1-2H3,(H,25,27). The van der Waals surface area contributed by atoms with Gasteiger partial charge < -0.3 is 19.4 Å². The van der Waals surface area contributed by atoms with Crippen molar-refractivity contribution in [2.45, 2.75) is 58.4 Å². The molecule has 0 aliphatic carbocycles. The third-order valence-corrected chi connectivity index (χ3v) is 6.56. The van der Waals surface area contributed by atoms with E-state index in [9.17, 15) is 9.59 Å². The molecule has 6 nitrogen and oxygen atoms in total. The number of rotatable bonds is 6. The molecule has 4 rings (SSSR count). The highest BCUT2D eigenvalue weighted by atomic mass is 16.5. The average Bonchev–Trinajstić information content (AvgIpc) is 2.74. The van der Waals surface area contributed by atoms with Gasteiger partial charge in [0.05, 0.1) is 5.39 Å². The molecule has 2 aromatic rings. The van der Waals surface area contributed by atoms with Gasteiger partial charge in [-0.05, 0) is 81.3 Å². The number of hydrogen-bond donors (Lipinski definition) is 1. The van der Waals surface area contributed by atoms with E-state index in [0.29, 0.717) is 36.3 Å². The zero-order valence-electron chi connectivity index (χ0n) is 18.0. The van der Waals surface area contributed by atoms with Gasteiger partial charge in [0, 0.05) is 18.7 Å². The quantitative estimate of drug-likeness (QED) is 0.736. The van der Waals surface area contributed by atoms with Crippen LogP contribution in [0.4, 0.5) is 0 Å². The molecule has 2 saturated heterocycles. The van der Waals surface area contributed by atoms with Crippen LogP contribution in [-0.2, 0) is 11.2 Å². The van der Waals surface area contributed by atoms with Gasteiger partial charge >= 0.3 is 5.63 Å². The molecule has 2 aliphatic rings. The van der Waals surface area contributed by atoms with Crippen molar-refractivity contribution in [1.29, 1.82) is 0 Å². The Morgan fingerprint density at radius 2 is 2.03 bits per heavy atom. The van der Waals surface area contributed by atoms with Gasteiger partial charge in [0.2, 0.25) is 0 Å². The number of piperidine rings is 2. The van der Waals surface area contributed by atoms with Crippen LogP contribution in [0.2, 0.25) is 0 Å². The molecule has 0 bridgehead atoms. The first-order valence-electron chi connectivity index (χ1n) is 11.3. The van der Waals surface area contributed by atoms with Crippen molar-refractivity contribution >= 4 is 16.9 Å². The van der Waals surface area contributed by atoms with Crippen molar-refractivity contribution in [3.63, 3.8) is 0 Å². The summed E-state index contributed by atoms with van der Waals surface area (Å²) in [6.07, 6.45) is 6.93. The summed E-state index contributed by atoms with van der Waals surface area (Å²) in [6.45, 7) is 6.99. The van der Waals surface area contributed by atoms with Gasteiger partial charge in [-0.1, -0.05) is 13.3 Å². The maximum Gasteiger partial charge on any atom is 0.336 e. The molecule has 162 valence electrons. The van der Waals surface area contributed by atoms with E-state index in [4.69, 9.17) is 9.15 Å². The number of nitrogens with zero attached hydrogens (tertiary/aromatic N) is 1. The summed E-state index contributed by atoms with van der Waals surface area (Å²) < 4.78 is 11.3. The zero-order valence-corrected chi connectivity index (χ0v) is 18.0. The second kappa shape index (κ2) is 9.21. The number of carbonyl (C=O) groups excluding carboxylic acids is 1. The number of ether oxygens (including phenoxy) is 1. The minimum absolute atomic E-state index is 0.0397. The summed E-state index contributed by atoms with van der Waals surface area (Å²) in [5.41, 5.74) is 1.94. The van der Waals surface area contributed by atoms with E-state index in [1.54, 1.807) is 0 Å². The number of fused-ring (bicyclic) bond motifs is 2. The van der Waals surface area contributed by atoms with E-state index in [-0.39, 0.29) is 18.1 Å². The summed E-state index contributed by atoms with van der Waals surface area (Å²) in [7, 11) is 0. The first-order chi connectivity index (χ1) is 14.5. The van der Waals surface area contributed by atoms with Gasteiger partial charge in [-0.2, -0.15) is 0 Å². The lowest BCUT2D eigenvalue weighted by molar-refractivity contribution is -0.123. The van der Waals surface area contributed by atoms with E-state index >= 15 is 0 Å². The zero-order chi connectivity index (χ0) is 21.1. The third-order valence-electron chi connectivity index (χ3n) is 6.56. The molecule has 1 N–H and O–H groups in total. The van der Waals surface area contributed by atoms with Crippen LogP contribution in [0.15, 0.2) is 27.4 Å². The Labute approximate surface area is 177 Å². The minimum Gasteiger partial charge on any atom is -0.483 e. The molecule has 1 aromatic carbocycles. The molecule has 1 aromatic heterocycles. The Balaban J connectivity index is 1.40. The Morgan fingerprint density at radius 1 is 1.20 bits per heavy atom. The van der Waals surface area contributed by atoms with Crippen LogP contribution in [0.25, 0.3) is 11.0 Å². The Bertz CT molecular complexity index is 966. The molecule has 1 amide bonds. The van der Waals surface area contributed by atoms with Crippen LogP contribution in [0, 0.1) is 12.8 Å². The van der Waals surface area contributed by atoms with Gasteiger partial charge in [-0.3, -0.25) is 4.79 Å². The highest BCUT2D eigenvalue weighted by molar-refractivity contribution is 5.88. The fourth-order valence-electron chi connectivity index (χ4n) is 5.12. The number of amides is 1. The van der Waals surface area contributed by atoms with Gasteiger partial charge in [0.15, 0.2) is 6.61 Å². The largest absolute Gasteiger partial charge is 0.483 e. The number of nitrogens with one attached hydrogen (secondary N) is 1. The van der Waals surface area contributed by atoms with Crippen molar-refractivity contribution in [1.82, 2.24) is 10.2 Å². The lowest BCUT2D eigenvalue weighted by Gasteiger charge is -2.44. The van der Waals surface area contributed by atoms with Crippen molar-refractivity contribution in [2.75, 3.05) is 26.2 Å². The van der Waals surface area contributed by atoms with Gasteiger partial charge in [-0.25, -0.2) is 4.79 Å². The fraction of sp³-hybridized carbons (Fsp3) is 0.583. The second-order valence-corrected chi connectivity index (χ2v) is 8.67. The Kier molecular flexibility index (Phi) is 6.42. The minimum atomic E-state index is -0.363. The third kappa shape index (κ3) is 4.53. The molecule has 6 heteroatoms. The van der Waals surface area contributed by atoms with Gasteiger partial charge in [0.1, 0.15) is 11.3 Å². The lowest BCUT2D eigenvalue weighted by atomic mass is 9.83. The average molecular weight is 413 g/mol. The summed E-state index contributed by atoms with van der Waals surface area (Å²) >= 11 is 0. The molecular weight excluding hydrogens is 380 g/mol. The molecular formula is C24H32N2O4. The second-order valence-electron chi connectivity index (χ2n) is 8.67. The molecule has 2 aliphatic heterocycles. The summed E-state index contributed by atoms with van der Waals surface area (Å²) in [6, 6.07) is 5.85. The topological polar surface area (TPSA) is 71.8 Å². The van der Waals surface area contributed by atoms with Gasteiger partial charge in [-0.15, -0.1) is 0 Å². The molecule has 0 saturated carbocycles. The number of carbonyl (C=O) groups is 1. The molecule has 30 heavy (non-hydrogen) atoms. The predicted molar refractivity (Wildman–Crippen MR) is 117 cm³/mol. The van der Waals surface area contributed by atoms with Crippen LogP contribution < -0.4 is 15.7 Å². The predicted octanol–water partition coefficient (Wildman–Crippen LogP) is 3.42. The summed E-state index contributed by atoms with van der Waals surface area (Å²) in [4.78, 5) is 26.9. The van der Waals surface area contributed by atoms with Crippen molar-refractivity contribution in [3.05, 3.63) is 39.7 Å². The van der Waals surface area contributed by atoms with Crippen LogP contribution >= 0.6 is 0 Å². The fourth-order valence-corrected chi connectivity index (χ4v) is 5.12. The molecule has 0 radical (unpaired) electrons. The number of benzene rings is 1. The van der Waals surface area contributed by atoms with E-state index in [1.807, 2.05) is 26.0 Å². The van der Waals surface area contributed by atoms with Crippen LogP contribution in [0.1, 0.15) is 50.2 Å². The summed E-state index contributed by atoms with van der Waals surface area (Å²) in [5, 5.41) is 3.87. The normalized spacial score (nSPS) is 21.9. The maximum atomic E-state index is 12.5. The number of aryl methyl sites for hydroxylation is 2. The van der Waals surface area contributed by atoms with Crippen LogP contribution in [-0.4, -0.2) is 43.1 Å². The first kappa shape index (κ1) is 20.9. The summed E-state index contributed by atoms with van der Waals surface area (Å²) in [5.74, 6) is 1.02. The van der Waals surface area contributed by atoms with Crippen LogP contribution in [0.5, 0.6) is 5.75 Å². The molecule has 0 spiro atoms. The van der Waals surface area contributed by atoms with E-state index < -0.39 is 0 Å². The van der Waals surface area contributed by atoms with Gasteiger partial charge in [0.25, 0.3) is 5.91 Å². The van der Waals surface area contributed by atoms with Crippen molar-refractivity contribution in [2.24, 2.45) is 5.92 Å². The van der Waals surface area contributed by atoms with E-state index in [2.05, 4.69) is 10.2 Å². The molecule has 2 unspecified atom stereocenters. The van der Waals surface area contributed by atoms with E-state index in [1.165, 1.54) is 51.3 Å². The SMILES string of the molecule is CCc1cc(=O)oc2cc(C)cc(OCC(=O)NCC3CCCN4CCCCC34)c12. The smallest absolute Gasteiger partial charge is 0.336 e. The molecule has 2 fully saturated rings. The first-order valence-corrected chi connectivity index (χ1v) is 11.3. The highest BCUT2D eigenvalue weighted by Crippen LogP contribution is 2.31. The molecule has 2 atom stereocenters.